The molecule has 0 aromatic heterocycles. The molecule has 9 heteroatoms. The molecule has 0 aliphatic rings. The summed E-state index contributed by atoms with van der Waals surface area (Å²) in [7, 11) is -4.25. The fraction of sp³-hybridized carbons (Fsp3) is 0.429. The zero-order valence-electron chi connectivity index (χ0n) is 8.27. The monoisotopic (exact) mass is 256 g/mol. The quantitative estimate of drug-likeness (QED) is 0.390. The number of phosphoric ester groups is 1. The molecule has 4 N–H and O–H groups in total. The Morgan fingerprint density at radius 2 is 1.56 bits per heavy atom. The molecular weight excluding hydrogens is 243 g/mol. The third kappa shape index (κ3) is 23.0. The maximum Gasteiger partial charge on any atom is 0.469 e. The first-order chi connectivity index (χ1) is 7.19. The van der Waals surface area contributed by atoms with Gasteiger partial charge in [0.1, 0.15) is 0 Å². The zero-order valence-corrected chi connectivity index (χ0v) is 9.17. The standard InChI is InChI=1S/C4H6O4.C3H7O4P/c5-3(6)1-2-4(7)8;1-2-3-7-8(4,5)6/h1-2H2,(H,5,6)(H,7,8);2H,1,3H2,(H2,4,5,6). The Hall–Kier alpha value is -1.21. The number of carboxylic acid groups (broad SMARTS) is 2. The molecule has 0 aliphatic carbocycles. The Morgan fingerprint density at radius 1 is 1.19 bits per heavy atom. The van der Waals surface area contributed by atoms with E-state index in [1.54, 1.807) is 0 Å². The number of hydrogen-bond donors (Lipinski definition) is 4. The summed E-state index contributed by atoms with van der Waals surface area (Å²) in [5.41, 5.74) is 0. The van der Waals surface area contributed by atoms with Crippen LogP contribution >= 0.6 is 7.82 Å². The summed E-state index contributed by atoms with van der Waals surface area (Å²) in [6.45, 7) is 3.07. The van der Waals surface area contributed by atoms with Crippen LogP contribution in [0.2, 0.25) is 0 Å². The summed E-state index contributed by atoms with van der Waals surface area (Å²) < 4.78 is 13.7. The van der Waals surface area contributed by atoms with Crippen molar-refractivity contribution in [1.29, 1.82) is 0 Å². The summed E-state index contributed by atoms with van der Waals surface area (Å²) in [5, 5.41) is 15.8. The van der Waals surface area contributed by atoms with E-state index in [-0.39, 0.29) is 19.4 Å². The normalized spacial score (nSPS) is 9.88. The number of aliphatic carboxylic acids is 2. The van der Waals surface area contributed by atoms with Crippen molar-refractivity contribution in [3.63, 3.8) is 0 Å². The molecule has 0 radical (unpaired) electrons. The van der Waals surface area contributed by atoms with Gasteiger partial charge < -0.3 is 20.0 Å². The lowest BCUT2D eigenvalue weighted by atomic mass is 10.3. The highest BCUT2D eigenvalue weighted by Crippen LogP contribution is 2.35. The Labute approximate surface area is 91.4 Å². The van der Waals surface area contributed by atoms with Gasteiger partial charge in [-0.15, -0.1) is 6.58 Å². The molecule has 0 atom stereocenters. The molecule has 0 heterocycles. The highest BCUT2D eigenvalue weighted by Gasteiger charge is 2.10. The van der Waals surface area contributed by atoms with Crippen LogP contribution in [-0.4, -0.2) is 38.5 Å². The minimum atomic E-state index is -4.25. The minimum absolute atomic E-state index is 0.121. The molecule has 0 aromatic carbocycles. The SMILES string of the molecule is C=CCOP(=O)(O)O.O=C(O)CCC(=O)O. The Kier molecular flexibility index (Phi) is 9.72. The molecule has 0 bridgehead atoms. The summed E-state index contributed by atoms with van der Waals surface area (Å²) in [4.78, 5) is 35.3. The van der Waals surface area contributed by atoms with Crippen molar-refractivity contribution in [1.82, 2.24) is 0 Å². The molecule has 0 aromatic rings. The molecule has 0 spiro atoms. The van der Waals surface area contributed by atoms with E-state index in [9.17, 15) is 14.2 Å². The van der Waals surface area contributed by atoms with E-state index in [2.05, 4.69) is 11.1 Å². The summed E-state index contributed by atoms with van der Waals surface area (Å²) in [6, 6.07) is 0. The van der Waals surface area contributed by atoms with Crippen LogP contribution in [0.15, 0.2) is 12.7 Å². The Bertz CT molecular complexity index is 266. The number of carbonyl (C=O) groups is 2. The van der Waals surface area contributed by atoms with Gasteiger partial charge in [-0.3, -0.25) is 14.1 Å². The van der Waals surface area contributed by atoms with Gasteiger partial charge >= 0.3 is 19.8 Å². The fourth-order valence-electron chi connectivity index (χ4n) is 0.364. The first-order valence-electron chi connectivity index (χ1n) is 3.93. The molecule has 0 saturated carbocycles. The van der Waals surface area contributed by atoms with Crippen LogP contribution in [0, 0.1) is 0 Å². The van der Waals surface area contributed by atoms with Crippen molar-refractivity contribution in [2.45, 2.75) is 12.8 Å². The predicted octanol–water partition coefficient (Wildman–Crippen LogP) is 0.217. The van der Waals surface area contributed by atoms with Gasteiger partial charge in [-0.1, -0.05) is 6.08 Å². The molecule has 0 fully saturated rings. The zero-order chi connectivity index (χ0) is 13.2. The van der Waals surface area contributed by atoms with Crippen molar-refractivity contribution in [2.75, 3.05) is 6.61 Å². The van der Waals surface area contributed by atoms with E-state index in [0.717, 1.165) is 0 Å². The molecule has 0 saturated heterocycles. The highest BCUT2D eigenvalue weighted by atomic mass is 31.2. The maximum absolute atomic E-state index is 9.81. The molecule has 0 unspecified atom stereocenters. The van der Waals surface area contributed by atoms with E-state index in [1.165, 1.54) is 6.08 Å². The van der Waals surface area contributed by atoms with Gasteiger partial charge in [-0.2, -0.15) is 0 Å². The van der Waals surface area contributed by atoms with Gasteiger partial charge in [0.05, 0.1) is 19.4 Å². The second kappa shape index (κ2) is 9.05. The molecule has 16 heavy (non-hydrogen) atoms. The summed E-state index contributed by atoms with van der Waals surface area (Å²) >= 11 is 0. The number of hydrogen-bond acceptors (Lipinski definition) is 4. The summed E-state index contributed by atoms with van der Waals surface area (Å²) in [5.74, 6) is -2.15. The lowest BCUT2D eigenvalue weighted by Gasteiger charge is -1.98. The number of phosphoric acid groups is 1. The van der Waals surface area contributed by atoms with Gasteiger partial charge in [-0.25, -0.2) is 4.57 Å². The molecule has 8 nitrogen and oxygen atoms in total. The van der Waals surface area contributed by atoms with Gasteiger partial charge in [0.25, 0.3) is 0 Å². The van der Waals surface area contributed by atoms with Crippen LogP contribution in [0.25, 0.3) is 0 Å². The number of carboxylic acids is 2. The van der Waals surface area contributed by atoms with Crippen LogP contribution in [0.4, 0.5) is 0 Å². The first-order valence-corrected chi connectivity index (χ1v) is 5.46. The van der Waals surface area contributed by atoms with Gasteiger partial charge in [0.2, 0.25) is 0 Å². The van der Waals surface area contributed by atoms with Crippen LogP contribution in [0.5, 0.6) is 0 Å². The molecular formula is C7H13O8P. The molecule has 0 amide bonds. The molecule has 0 aliphatic heterocycles. The molecule has 0 rings (SSSR count). The maximum atomic E-state index is 9.81. The van der Waals surface area contributed by atoms with Crippen LogP contribution in [0.3, 0.4) is 0 Å². The second-order valence-corrected chi connectivity index (χ2v) is 3.60. The van der Waals surface area contributed by atoms with Gasteiger partial charge in [-0.05, 0) is 0 Å². The van der Waals surface area contributed by atoms with E-state index in [4.69, 9.17) is 20.0 Å². The topological polar surface area (TPSA) is 141 Å². The second-order valence-electron chi connectivity index (χ2n) is 2.36. The largest absolute Gasteiger partial charge is 0.481 e. The average Bonchev–Trinajstić information content (AvgIpc) is 2.11. The Morgan fingerprint density at radius 3 is 1.69 bits per heavy atom. The van der Waals surface area contributed by atoms with E-state index >= 15 is 0 Å². The van der Waals surface area contributed by atoms with Gasteiger partial charge in [0, 0.05) is 0 Å². The smallest absolute Gasteiger partial charge is 0.469 e. The first kappa shape index (κ1) is 17.2. The predicted molar refractivity (Wildman–Crippen MR) is 52.7 cm³/mol. The average molecular weight is 256 g/mol. The lowest BCUT2D eigenvalue weighted by molar-refractivity contribution is -0.143. The van der Waals surface area contributed by atoms with Crippen molar-refractivity contribution >= 4 is 19.8 Å². The van der Waals surface area contributed by atoms with E-state index in [0.29, 0.717) is 0 Å². The number of rotatable bonds is 6. The lowest BCUT2D eigenvalue weighted by Crippen LogP contribution is -2.00. The third-order valence-electron chi connectivity index (χ3n) is 0.913. The van der Waals surface area contributed by atoms with Crippen LogP contribution < -0.4 is 0 Å². The van der Waals surface area contributed by atoms with Crippen molar-refractivity contribution in [3.8, 4) is 0 Å². The van der Waals surface area contributed by atoms with Gasteiger partial charge in [0.15, 0.2) is 0 Å². The van der Waals surface area contributed by atoms with Crippen LogP contribution in [0.1, 0.15) is 12.8 Å². The third-order valence-corrected chi connectivity index (χ3v) is 1.40. The van der Waals surface area contributed by atoms with Crippen molar-refractivity contribution in [3.05, 3.63) is 12.7 Å². The van der Waals surface area contributed by atoms with Crippen molar-refractivity contribution in [2.24, 2.45) is 0 Å². The fourth-order valence-corrected chi connectivity index (χ4v) is 0.663. The molecule has 94 valence electrons. The van der Waals surface area contributed by atoms with E-state index in [1.807, 2.05) is 0 Å². The highest BCUT2D eigenvalue weighted by molar-refractivity contribution is 7.46. The summed E-state index contributed by atoms with van der Waals surface area (Å²) in [6.07, 6.45) is 0.670. The Balaban J connectivity index is 0. The minimum Gasteiger partial charge on any atom is -0.481 e. The van der Waals surface area contributed by atoms with Crippen LogP contribution in [-0.2, 0) is 18.7 Å². The van der Waals surface area contributed by atoms with Crippen molar-refractivity contribution < 1.29 is 38.7 Å². The van der Waals surface area contributed by atoms with E-state index < -0.39 is 19.8 Å².